The lowest BCUT2D eigenvalue weighted by atomic mass is 10.2. The van der Waals surface area contributed by atoms with Crippen molar-refractivity contribution >= 4 is 11.6 Å². The molecule has 0 aromatic heterocycles. The topological polar surface area (TPSA) is 53.6 Å². The zero-order valence-corrected chi connectivity index (χ0v) is 12.9. The largest absolute Gasteiger partial charge is 0.383 e. The maximum absolute atomic E-state index is 11.1. The second-order valence-electron chi connectivity index (χ2n) is 5.47. The average Bonchev–Trinajstić information content (AvgIpc) is 2.92. The summed E-state index contributed by atoms with van der Waals surface area (Å²) in [7, 11) is 1.71. The number of ether oxygens (including phenoxy) is 1. The number of carbonyl (C=O) groups excluding carboxylic acids is 1. The van der Waals surface area contributed by atoms with Crippen molar-refractivity contribution in [1.82, 2.24) is 10.6 Å². The quantitative estimate of drug-likeness (QED) is 0.740. The molecule has 116 valence electrons. The smallest absolute Gasteiger partial charge is 0.217 e. The van der Waals surface area contributed by atoms with Crippen molar-refractivity contribution in [2.45, 2.75) is 25.9 Å². The van der Waals surface area contributed by atoms with Crippen LogP contribution >= 0.6 is 0 Å². The normalized spacial score (nSPS) is 18.0. The van der Waals surface area contributed by atoms with Crippen LogP contribution in [0.25, 0.3) is 0 Å². The number of nitrogens with one attached hydrogen (secondary N) is 2. The van der Waals surface area contributed by atoms with Gasteiger partial charge in [-0.15, -0.1) is 0 Å². The molecule has 5 heteroatoms. The molecule has 1 heterocycles. The van der Waals surface area contributed by atoms with Crippen molar-refractivity contribution in [3.05, 3.63) is 29.8 Å². The fourth-order valence-electron chi connectivity index (χ4n) is 2.63. The lowest BCUT2D eigenvalue weighted by molar-refractivity contribution is -0.119. The molecule has 1 aliphatic rings. The standard InChI is InChI=1S/C16H25N3O2/c1-13(20)18-15-7-9-19(12-15)16-5-3-14(4-6-16)11-17-8-10-21-2/h3-6,15,17H,7-12H2,1-2H3,(H,18,20). The molecule has 5 nitrogen and oxygen atoms in total. The highest BCUT2D eigenvalue weighted by molar-refractivity contribution is 5.73. The summed E-state index contributed by atoms with van der Waals surface area (Å²) in [6.07, 6.45) is 1.01. The van der Waals surface area contributed by atoms with Crippen molar-refractivity contribution < 1.29 is 9.53 Å². The maximum atomic E-state index is 11.1. The fourth-order valence-corrected chi connectivity index (χ4v) is 2.63. The van der Waals surface area contributed by atoms with Gasteiger partial charge in [-0.2, -0.15) is 0 Å². The Morgan fingerprint density at radius 3 is 2.81 bits per heavy atom. The average molecular weight is 291 g/mol. The summed E-state index contributed by atoms with van der Waals surface area (Å²) in [5, 5.41) is 6.32. The Morgan fingerprint density at radius 2 is 2.14 bits per heavy atom. The molecule has 21 heavy (non-hydrogen) atoms. The minimum atomic E-state index is 0.0549. The molecule has 1 fully saturated rings. The van der Waals surface area contributed by atoms with Gasteiger partial charge in [0.15, 0.2) is 0 Å². The summed E-state index contributed by atoms with van der Waals surface area (Å²) in [4.78, 5) is 13.4. The molecule has 0 bridgehead atoms. The Bertz CT molecular complexity index is 447. The molecule has 2 rings (SSSR count). The Morgan fingerprint density at radius 1 is 1.38 bits per heavy atom. The molecule has 1 atom stereocenters. The molecule has 1 aromatic rings. The van der Waals surface area contributed by atoms with Crippen LogP contribution in [0.15, 0.2) is 24.3 Å². The van der Waals surface area contributed by atoms with E-state index in [-0.39, 0.29) is 11.9 Å². The molecule has 1 aliphatic heterocycles. The van der Waals surface area contributed by atoms with Crippen LogP contribution < -0.4 is 15.5 Å². The molecule has 0 spiro atoms. The van der Waals surface area contributed by atoms with E-state index in [1.807, 2.05) is 0 Å². The van der Waals surface area contributed by atoms with Gasteiger partial charge in [-0.1, -0.05) is 12.1 Å². The molecule has 0 aliphatic carbocycles. The number of carbonyl (C=O) groups is 1. The molecule has 1 unspecified atom stereocenters. The zero-order chi connectivity index (χ0) is 15.1. The van der Waals surface area contributed by atoms with Crippen LogP contribution in [0.2, 0.25) is 0 Å². The number of amides is 1. The van der Waals surface area contributed by atoms with Crippen molar-refractivity contribution in [2.24, 2.45) is 0 Å². The first-order valence-electron chi connectivity index (χ1n) is 7.49. The number of rotatable bonds is 7. The number of anilines is 1. The van der Waals surface area contributed by atoms with Crippen LogP contribution in [-0.4, -0.2) is 45.3 Å². The number of hydrogen-bond acceptors (Lipinski definition) is 4. The van der Waals surface area contributed by atoms with Crippen LogP contribution in [0.4, 0.5) is 5.69 Å². The van der Waals surface area contributed by atoms with Gasteiger partial charge in [-0.3, -0.25) is 4.79 Å². The summed E-state index contributed by atoms with van der Waals surface area (Å²) in [6, 6.07) is 8.90. The molecule has 0 saturated carbocycles. The number of nitrogens with zero attached hydrogens (tertiary/aromatic N) is 1. The molecular weight excluding hydrogens is 266 g/mol. The van der Waals surface area contributed by atoms with E-state index >= 15 is 0 Å². The highest BCUT2D eigenvalue weighted by atomic mass is 16.5. The first kappa shape index (κ1) is 15.8. The summed E-state index contributed by atoms with van der Waals surface area (Å²) in [6.45, 7) is 5.92. The van der Waals surface area contributed by atoms with E-state index in [1.54, 1.807) is 14.0 Å². The highest BCUT2D eigenvalue weighted by Crippen LogP contribution is 2.20. The SMILES string of the molecule is COCCNCc1ccc(N2CCC(NC(C)=O)C2)cc1. The van der Waals surface area contributed by atoms with E-state index < -0.39 is 0 Å². The van der Waals surface area contributed by atoms with Gasteiger partial charge in [-0.25, -0.2) is 0 Å². The minimum Gasteiger partial charge on any atom is -0.383 e. The van der Waals surface area contributed by atoms with Gasteiger partial charge in [0.05, 0.1) is 6.61 Å². The van der Waals surface area contributed by atoms with E-state index in [0.29, 0.717) is 0 Å². The van der Waals surface area contributed by atoms with Gasteiger partial charge in [0.25, 0.3) is 0 Å². The molecule has 1 saturated heterocycles. The Hall–Kier alpha value is -1.59. The lowest BCUT2D eigenvalue weighted by Gasteiger charge is -2.19. The Kier molecular flexibility index (Phi) is 6.02. The van der Waals surface area contributed by atoms with E-state index in [4.69, 9.17) is 4.74 Å². The summed E-state index contributed by atoms with van der Waals surface area (Å²) < 4.78 is 5.00. The van der Waals surface area contributed by atoms with Gasteiger partial charge in [0.2, 0.25) is 5.91 Å². The van der Waals surface area contributed by atoms with Crippen LogP contribution in [-0.2, 0) is 16.1 Å². The monoisotopic (exact) mass is 291 g/mol. The first-order chi connectivity index (χ1) is 10.2. The van der Waals surface area contributed by atoms with Gasteiger partial charge < -0.3 is 20.3 Å². The van der Waals surface area contributed by atoms with E-state index in [1.165, 1.54) is 11.3 Å². The third-order valence-electron chi connectivity index (χ3n) is 3.71. The first-order valence-corrected chi connectivity index (χ1v) is 7.49. The predicted molar refractivity (Wildman–Crippen MR) is 84.5 cm³/mol. The molecule has 2 N–H and O–H groups in total. The Labute approximate surface area is 126 Å². The van der Waals surface area contributed by atoms with Crippen LogP contribution in [0.3, 0.4) is 0 Å². The molecule has 0 radical (unpaired) electrons. The fraction of sp³-hybridized carbons (Fsp3) is 0.562. The van der Waals surface area contributed by atoms with Crippen molar-refractivity contribution in [3.63, 3.8) is 0 Å². The van der Waals surface area contributed by atoms with Gasteiger partial charge in [0, 0.05) is 51.9 Å². The van der Waals surface area contributed by atoms with Crippen molar-refractivity contribution in [2.75, 3.05) is 38.3 Å². The van der Waals surface area contributed by atoms with Crippen molar-refractivity contribution in [1.29, 1.82) is 0 Å². The Balaban J connectivity index is 1.81. The predicted octanol–water partition coefficient (Wildman–Crippen LogP) is 1.14. The number of hydrogen-bond donors (Lipinski definition) is 2. The maximum Gasteiger partial charge on any atom is 0.217 e. The van der Waals surface area contributed by atoms with Gasteiger partial charge >= 0.3 is 0 Å². The summed E-state index contributed by atoms with van der Waals surface area (Å²) in [5.74, 6) is 0.0549. The van der Waals surface area contributed by atoms with E-state index in [9.17, 15) is 4.79 Å². The minimum absolute atomic E-state index is 0.0549. The highest BCUT2D eigenvalue weighted by Gasteiger charge is 2.22. The van der Waals surface area contributed by atoms with Crippen LogP contribution in [0.1, 0.15) is 18.9 Å². The molecule has 1 aromatic carbocycles. The molecule has 1 amide bonds. The summed E-state index contributed by atoms with van der Waals surface area (Å²) in [5.41, 5.74) is 2.50. The van der Waals surface area contributed by atoms with Crippen LogP contribution in [0, 0.1) is 0 Å². The second-order valence-corrected chi connectivity index (χ2v) is 5.47. The van der Waals surface area contributed by atoms with Gasteiger partial charge in [0.1, 0.15) is 0 Å². The van der Waals surface area contributed by atoms with Crippen molar-refractivity contribution in [3.8, 4) is 0 Å². The van der Waals surface area contributed by atoms with Crippen LogP contribution in [0.5, 0.6) is 0 Å². The summed E-state index contributed by atoms with van der Waals surface area (Å²) >= 11 is 0. The van der Waals surface area contributed by atoms with E-state index in [0.717, 1.165) is 39.2 Å². The van der Waals surface area contributed by atoms with E-state index in [2.05, 4.69) is 39.8 Å². The number of benzene rings is 1. The lowest BCUT2D eigenvalue weighted by Crippen LogP contribution is -2.35. The van der Waals surface area contributed by atoms with Gasteiger partial charge in [-0.05, 0) is 24.1 Å². The third-order valence-corrected chi connectivity index (χ3v) is 3.71. The molecular formula is C16H25N3O2. The zero-order valence-electron chi connectivity index (χ0n) is 12.9. The number of methoxy groups -OCH3 is 1. The third kappa shape index (κ3) is 5.02. The second kappa shape index (κ2) is 8.00.